The Morgan fingerprint density at radius 2 is 2.29 bits per heavy atom. The van der Waals surface area contributed by atoms with Crippen LogP contribution < -0.4 is 4.50 Å². The second kappa shape index (κ2) is 3.45. The highest BCUT2D eigenvalue weighted by Gasteiger charge is 2.44. The quantitative estimate of drug-likeness (QED) is 0.686. The summed E-state index contributed by atoms with van der Waals surface area (Å²) in [4.78, 5) is 0. The largest absolute Gasteiger partial charge is 0.391 e. The summed E-state index contributed by atoms with van der Waals surface area (Å²) in [6, 6.07) is 4.19. The molecule has 2 nitrogen and oxygen atoms in total. The van der Waals surface area contributed by atoms with Crippen molar-refractivity contribution in [2.45, 2.75) is 32.4 Å². The predicted molar refractivity (Wildman–Crippen MR) is 61.3 cm³/mol. The fourth-order valence-electron chi connectivity index (χ4n) is 1.76. The van der Waals surface area contributed by atoms with Crippen LogP contribution in [0, 0.1) is 0 Å². The van der Waals surface area contributed by atoms with E-state index in [2.05, 4.69) is 37.9 Å². The summed E-state index contributed by atoms with van der Waals surface area (Å²) < 4.78 is 13.3. The van der Waals surface area contributed by atoms with E-state index in [4.69, 9.17) is 8.85 Å². The molecule has 0 radical (unpaired) electrons. The highest BCUT2D eigenvalue weighted by atomic mass is 32.1. The van der Waals surface area contributed by atoms with Crippen LogP contribution in [-0.2, 0) is 8.85 Å². The van der Waals surface area contributed by atoms with Crippen LogP contribution in [0.2, 0.25) is 6.55 Å². The molecule has 14 heavy (non-hydrogen) atoms. The molecule has 1 aromatic heterocycles. The van der Waals surface area contributed by atoms with E-state index >= 15 is 0 Å². The molecule has 1 aliphatic heterocycles. The minimum absolute atomic E-state index is 0.0246. The predicted octanol–water partition coefficient (Wildman–Crippen LogP) is 2.24. The van der Waals surface area contributed by atoms with E-state index in [9.17, 15) is 0 Å². The highest BCUT2D eigenvalue weighted by molar-refractivity contribution is 7.23. The van der Waals surface area contributed by atoms with Gasteiger partial charge in [0.25, 0.3) is 0 Å². The van der Waals surface area contributed by atoms with Gasteiger partial charge in [-0.15, -0.1) is 11.3 Å². The first kappa shape index (κ1) is 10.4. The maximum Gasteiger partial charge on any atom is 0.380 e. The van der Waals surface area contributed by atoms with Crippen LogP contribution in [0.4, 0.5) is 0 Å². The lowest BCUT2D eigenvalue weighted by atomic mass is 10.1. The van der Waals surface area contributed by atoms with Gasteiger partial charge in [-0.05, 0) is 38.3 Å². The fourth-order valence-corrected chi connectivity index (χ4v) is 5.93. The molecule has 0 aliphatic carbocycles. The van der Waals surface area contributed by atoms with Gasteiger partial charge in [0.05, 0.1) is 5.60 Å². The molecule has 0 N–H and O–H groups in total. The number of hydrogen-bond acceptors (Lipinski definition) is 3. The normalized spacial score (nSPS) is 31.6. The van der Waals surface area contributed by atoms with E-state index in [1.807, 2.05) is 0 Å². The highest BCUT2D eigenvalue weighted by Crippen LogP contribution is 2.28. The molecule has 1 aromatic rings. The molecule has 78 valence electrons. The molecule has 1 unspecified atom stereocenters. The third-order valence-corrected chi connectivity index (χ3v) is 7.43. The monoisotopic (exact) mass is 228 g/mol. The molecule has 1 aliphatic rings. The Morgan fingerprint density at radius 1 is 1.50 bits per heavy atom. The molecular formula is C10H16O2SSi. The van der Waals surface area contributed by atoms with Crippen LogP contribution in [0.15, 0.2) is 17.5 Å². The van der Waals surface area contributed by atoms with Gasteiger partial charge < -0.3 is 8.85 Å². The van der Waals surface area contributed by atoms with Crippen LogP contribution in [0.5, 0.6) is 0 Å². The fraction of sp³-hybridized carbons (Fsp3) is 0.600. The first-order chi connectivity index (χ1) is 6.52. The Kier molecular flexibility index (Phi) is 2.55. The smallest absolute Gasteiger partial charge is 0.380 e. The van der Waals surface area contributed by atoms with Gasteiger partial charge in [0.1, 0.15) is 0 Å². The lowest BCUT2D eigenvalue weighted by Crippen LogP contribution is -2.58. The van der Waals surface area contributed by atoms with Gasteiger partial charge in [-0.25, -0.2) is 0 Å². The average molecular weight is 228 g/mol. The Bertz CT molecular complexity index is 310. The lowest BCUT2D eigenvalue weighted by Gasteiger charge is -2.40. The molecule has 2 heterocycles. The number of hydrogen-bond donors (Lipinski definition) is 0. The molecule has 0 spiro atoms. The zero-order chi connectivity index (χ0) is 10.2. The Balaban J connectivity index is 2.24. The van der Waals surface area contributed by atoms with Gasteiger partial charge in [-0.1, -0.05) is 6.07 Å². The van der Waals surface area contributed by atoms with E-state index in [-0.39, 0.29) is 5.60 Å². The zero-order valence-corrected chi connectivity index (χ0v) is 10.7. The van der Waals surface area contributed by atoms with Gasteiger partial charge in [-0.2, -0.15) is 0 Å². The van der Waals surface area contributed by atoms with Crippen molar-refractivity contribution in [2.24, 2.45) is 0 Å². The van der Waals surface area contributed by atoms with E-state index in [0.717, 1.165) is 13.0 Å². The van der Waals surface area contributed by atoms with Crippen LogP contribution in [0.1, 0.15) is 20.3 Å². The van der Waals surface area contributed by atoms with Crippen molar-refractivity contribution in [1.29, 1.82) is 0 Å². The molecule has 1 atom stereocenters. The maximum absolute atomic E-state index is 6.13. The first-order valence-corrected chi connectivity index (χ1v) is 8.10. The molecule has 0 saturated carbocycles. The van der Waals surface area contributed by atoms with Crippen LogP contribution >= 0.6 is 11.3 Å². The summed E-state index contributed by atoms with van der Waals surface area (Å²) >= 11 is 1.74. The summed E-state index contributed by atoms with van der Waals surface area (Å²) in [6.07, 6.45) is 0.987. The third kappa shape index (κ3) is 1.93. The summed E-state index contributed by atoms with van der Waals surface area (Å²) in [5.41, 5.74) is -0.0246. The van der Waals surface area contributed by atoms with Crippen molar-refractivity contribution in [3.05, 3.63) is 17.5 Å². The number of thiophene rings is 1. The minimum Gasteiger partial charge on any atom is -0.391 e. The van der Waals surface area contributed by atoms with E-state index in [1.54, 1.807) is 11.3 Å². The van der Waals surface area contributed by atoms with Crippen molar-refractivity contribution in [3.8, 4) is 0 Å². The molecule has 1 fully saturated rings. The Morgan fingerprint density at radius 3 is 2.86 bits per heavy atom. The van der Waals surface area contributed by atoms with Crippen LogP contribution in [-0.4, -0.2) is 20.8 Å². The van der Waals surface area contributed by atoms with Gasteiger partial charge >= 0.3 is 8.56 Å². The van der Waals surface area contributed by atoms with Gasteiger partial charge in [0, 0.05) is 11.1 Å². The summed E-state index contributed by atoms with van der Waals surface area (Å²) in [5, 5.41) is 2.09. The second-order valence-corrected chi connectivity index (χ2v) is 8.62. The van der Waals surface area contributed by atoms with Gasteiger partial charge in [-0.3, -0.25) is 0 Å². The van der Waals surface area contributed by atoms with Crippen molar-refractivity contribution >= 4 is 24.4 Å². The minimum atomic E-state index is -2.08. The van der Waals surface area contributed by atoms with E-state index < -0.39 is 8.56 Å². The van der Waals surface area contributed by atoms with Crippen LogP contribution in [0.3, 0.4) is 0 Å². The molecule has 4 heteroatoms. The Hall–Kier alpha value is -0.163. The SMILES string of the molecule is CC1(C)CCO[Si](C)(c2cccs2)O1. The van der Waals surface area contributed by atoms with E-state index in [0.29, 0.717) is 0 Å². The molecule has 0 aromatic carbocycles. The van der Waals surface area contributed by atoms with Crippen molar-refractivity contribution in [3.63, 3.8) is 0 Å². The first-order valence-electron chi connectivity index (χ1n) is 4.90. The molecule has 0 bridgehead atoms. The third-order valence-electron chi connectivity index (χ3n) is 2.52. The van der Waals surface area contributed by atoms with E-state index in [1.165, 1.54) is 4.50 Å². The molecular weight excluding hydrogens is 212 g/mol. The summed E-state index contributed by atoms with van der Waals surface area (Å²) in [5.74, 6) is 0. The van der Waals surface area contributed by atoms with Gasteiger partial charge in [0.15, 0.2) is 0 Å². The zero-order valence-electron chi connectivity index (χ0n) is 8.87. The molecule has 2 rings (SSSR count). The molecule has 0 amide bonds. The lowest BCUT2D eigenvalue weighted by molar-refractivity contribution is -0.00236. The summed E-state index contributed by atoms with van der Waals surface area (Å²) in [7, 11) is -2.08. The van der Waals surface area contributed by atoms with Crippen molar-refractivity contribution in [1.82, 2.24) is 0 Å². The average Bonchev–Trinajstić information content (AvgIpc) is 2.52. The topological polar surface area (TPSA) is 18.5 Å². The Labute approximate surface area is 90.1 Å². The van der Waals surface area contributed by atoms with Gasteiger partial charge in [0.2, 0.25) is 0 Å². The summed E-state index contributed by atoms with van der Waals surface area (Å²) in [6.45, 7) is 7.26. The van der Waals surface area contributed by atoms with Crippen LogP contribution in [0.25, 0.3) is 0 Å². The second-order valence-electron chi connectivity index (χ2n) is 4.38. The number of rotatable bonds is 1. The van der Waals surface area contributed by atoms with Crippen molar-refractivity contribution < 1.29 is 8.85 Å². The molecule has 1 saturated heterocycles. The standard InChI is InChI=1S/C10H16O2SSi/c1-10(2)6-7-11-14(3,12-10)9-5-4-8-13-9/h4-5,8H,6-7H2,1-3H3. The maximum atomic E-state index is 6.13. The van der Waals surface area contributed by atoms with Crippen molar-refractivity contribution in [2.75, 3.05) is 6.61 Å².